The summed E-state index contributed by atoms with van der Waals surface area (Å²) in [5.41, 5.74) is 15.0. The number of nitrogens with two attached hydrogens (primary N) is 2. The van der Waals surface area contributed by atoms with Gasteiger partial charge in [-0.1, -0.05) is 41.6 Å². The number of halogens is 1. The highest BCUT2D eigenvalue weighted by molar-refractivity contribution is 7.99. The molecule has 4 N–H and O–H groups in total. The molecule has 3 aromatic heterocycles. The second-order valence-corrected chi connectivity index (χ2v) is 10.2. The number of anilines is 2. The molecule has 4 aromatic rings. The Hall–Kier alpha value is -3.01. The third-order valence-electron chi connectivity index (χ3n) is 6.78. The number of nitrogen functional groups attached to an aromatic ring is 1. The zero-order valence-corrected chi connectivity index (χ0v) is 20.2. The summed E-state index contributed by atoms with van der Waals surface area (Å²) in [6, 6.07) is 9.82. The summed E-state index contributed by atoms with van der Waals surface area (Å²) in [6.45, 7) is 3.58. The predicted octanol–water partition coefficient (Wildman–Crippen LogP) is 4.25. The molecule has 8 nitrogen and oxygen atoms in total. The summed E-state index contributed by atoms with van der Waals surface area (Å²) >= 11 is 7.89. The second kappa shape index (κ2) is 8.04. The number of nitrogens with zero attached hydrogens (tertiary/aromatic N) is 5. The van der Waals surface area contributed by atoms with Crippen LogP contribution in [0, 0.1) is 6.92 Å². The number of pyridine rings is 1. The second-order valence-electron chi connectivity index (χ2n) is 8.73. The molecule has 1 atom stereocenters. The first-order valence-corrected chi connectivity index (χ1v) is 12.4. The third kappa shape index (κ3) is 3.30. The Morgan fingerprint density at radius 1 is 1.15 bits per heavy atom. The first-order valence-electron chi connectivity index (χ1n) is 11.2. The fourth-order valence-corrected chi connectivity index (χ4v) is 6.12. The quantitative estimate of drug-likeness (QED) is 0.436. The van der Waals surface area contributed by atoms with Gasteiger partial charge in [-0.15, -0.1) is 0 Å². The minimum absolute atomic E-state index is 0.120. The number of para-hydroxylation sites is 1. The van der Waals surface area contributed by atoms with Gasteiger partial charge in [0.05, 0.1) is 21.7 Å². The van der Waals surface area contributed by atoms with Crippen LogP contribution in [0.3, 0.4) is 0 Å². The zero-order chi connectivity index (χ0) is 23.4. The Balaban J connectivity index is 1.29. The van der Waals surface area contributed by atoms with Crippen molar-refractivity contribution in [2.24, 2.45) is 5.73 Å². The SMILES string of the molecule is Cc1nc(N2CCC3(CC2)Oc2ccccc2C3N)n2ccnc2c1Sc1ccnc(N)c1Cl. The molecule has 0 amide bonds. The first kappa shape index (κ1) is 21.5. The molecule has 1 fully saturated rings. The van der Waals surface area contributed by atoms with Crippen molar-refractivity contribution in [3.8, 4) is 5.75 Å². The maximum absolute atomic E-state index is 6.65. The van der Waals surface area contributed by atoms with Crippen LogP contribution in [0.1, 0.15) is 30.1 Å². The van der Waals surface area contributed by atoms with Crippen LogP contribution in [0.5, 0.6) is 5.75 Å². The Morgan fingerprint density at radius 3 is 2.74 bits per heavy atom. The predicted molar refractivity (Wildman–Crippen MR) is 134 cm³/mol. The lowest BCUT2D eigenvalue weighted by atomic mass is 9.83. The number of fused-ring (bicyclic) bond motifs is 2. The van der Waals surface area contributed by atoms with E-state index < -0.39 is 0 Å². The van der Waals surface area contributed by atoms with E-state index in [-0.39, 0.29) is 11.6 Å². The van der Waals surface area contributed by atoms with Crippen LogP contribution < -0.4 is 21.1 Å². The average Bonchev–Trinajstić information content (AvgIpc) is 3.43. The molecule has 1 saturated heterocycles. The van der Waals surface area contributed by atoms with Crippen molar-refractivity contribution in [1.29, 1.82) is 0 Å². The molecule has 1 spiro atoms. The number of ether oxygens (including phenoxy) is 1. The van der Waals surface area contributed by atoms with Crippen molar-refractivity contribution >= 4 is 40.8 Å². The molecule has 34 heavy (non-hydrogen) atoms. The normalized spacial score (nSPS) is 18.9. The van der Waals surface area contributed by atoms with Gasteiger partial charge in [0, 0.05) is 55.0 Å². The number of piperidine rings is 1. The van der Waals surface area contributed by atoms with Crippen LogP contribution in [0.15, 0.2) is 58.7 Å². The van der Waals surface area contributed by atoms with Crippen molar-refractivity contribution < 1.29 is 4.74 Å². The van der Waals surface area contributed by atoms with Crippen molar-refractivity contribution in [3.05, 3.63) is 65.2 Å². The number of benzene rings is 1. The number of aryl methyl sites for hydroxylation is 1. The third-order valence-corrected chi connectivity index (χ3v) is 8.53. The van der Waals surface area contributed by atoms with Crippen LogP contribution in [-0.2, 0) is 0 Å². The lowest BCUT2D eigenvalue weighted by molar-refractivity contribution is 0.0429. The first-order chi connectivity index (χ1) is 16.5. The minimum Gasteiger partial charge on any atom is -0.485 e. The molecule has 0 saturated carbocycles. The summed E-state index contributed by atoms with van der Waals surface area (Å²) in [4.78, 5) is 17.7. The van der Waals surface area contributed by atoms with E-state index in [1.165, 1.54) is 11.8 Å². The maximum Gasteiger partial charge on any atom is 0.211 e. The molecular weight excluding hydrogens is 470 g/mol. The van der Waals surface area contributed by atoms with Crippen molar-refractivity contribution in [2.75, 3.05) is 23.7 Å². The molecule has 2 aliphatic rings. The van der Waals surface area contributed by atoms with Gasteiger partial charge in [-0.2, -0.15) is 0 Å². The van der Waals surface area contributed by atoms with Gasteiger partial charge in [0.15, 0.2) is 5.65 Å². The Kier molecular flexibility index (Phi) is 5.09. The lowest BCUT2D eigenvalue weighted by Crippen LogP contribution is -2.52. The Bertz CT molecular complexity index is 1400. The van der Waals surface area contributed by atoms with E-state index >= 15 is 0 Å². The molecule has 174 valence electrons. The van der Waals surface area contributed by atoms with Gasteiger partial charge in [-0.25, -0.2) is 15.0 Å². The molecule has 0 bridgehead atoms. The molecule has 5 heterocycles. The van der Waals surface area contributed by atoms with Gasteiger partial charge in [0.2, 0.25) is 5.95 Å². The monoisotopic (exact) mass is 493 g/mol. The Labute approximate surface area is 206 Å². The van der Waals surface area contributed by atoms with E-state index in [1.807, 2.05) is 41.8 Å². The molecule has 10 heteroatoms. The molecule has 0 aliphatic carbocycles. The summed E-state index contributed by atoms with van der Waals surface area (Å²) in [6.07, 6.45) is 7.04. The molecule has 6 rings (SSSR count). The molecule has 0 radical (unpaired) electrons. The van der Waals surface area contributed by atoms with Gasteiger partial charge in [-0.3, -0.25) is 4.40 Å². The van der Waals surface area contributed by atoms with Crippen LogP contribution >= 0.6 is 23.4 Å². The summed E-state index contributed by atoms with van der Waals surface area (Å²) in [5.74, 6) is 2.09. The average molecular weight is 494 g/mol. The molecule has 1 unspecified atom stereocenters. The molecule has 2 aliphatic heterocycles. The topological polar surface area (TPSA) is 108 Å². The van der Waals surface area contributed by atoms with E-state index in [0.717, 1.165) is 64.3 Å². The number of imidazole rings is 1. The highest BCUT2D eigenvalue weighted by Crippen LogP contribution is 2.47. The zero-order valence-electron chi connectivity index (χ0n) is 18.6. The van der Waals surface area contributed by atoms with E-state index in [0.29, 0.717) is 10.8 Å². The number of aromatic nitrogens is 4. The summed E-state index contributed by atoms with van der Waals surface area (Å²) < 4.78 is 8.45. The van der Waals surface area contributed by atoms with Gasteiger partial charge in [0.25, 0.3) is 0 Å². The lowest BCUT2D eigenvalue weighted by Gasteiger charge is -2.41. The van der Waals surface area contributed by atoms with Crippen molar-refractivity contribution in [2.45, 2.75) is 41.2 Å². The van der Waals surface area contributed by atoms with Gasteiger partial charge in [-0.05, 0) is 19.1 Å². The standard InChI is InChI=1S/C24H24ClN7OS/c1-14-19(34-17-6-9-28-21(27)18(17)25)22-29-10-13-32(22)23(30-14)31-11-7-24(8-12-31)20(26)15-4-2-3-5-16(15)33-24/h2-6,9-10,13,20H,7-8,11-12,26H2,1H3,(H2,27,28). The van der Waals surface area contributed by atoms with E-state index in [9.17, 15) is 0 Å². The fraction of sp³-hybridized carbons (Fsp3) is 0.292. The summed E-state index contributed by atoms with van der Waals surface area (Å²) in [5, 5.41) is 0.441. The Morgan fingerprint density at radius 2 is 1.94 bits per heavy atom. The van der Waals surface area contributed by atoms with Crippen LogP contribution in [0.25, 0.3) is 5.65 Å². The van der Waals surface area contributed by atoms with Gasteiger partial charge in [0.1, 0.15) is 17.2 Å². The smallest absolute Gasteiger partial charge is 0.211 e. The molecular formula is C24H24ClN7OS. The van der Waals surface area contributed by atoms with Crippen LogP contribution in [-0.4, -0.2) is 38.0 Å². The highest BCUT2D eigenvalue weighted by atomic mass is 35.5. The minimum atomic E-state index is -0.364. The number of hydrogen-bond acceptors (Lipinski definition) is 8. The van der Waals surface area contributed by atoms with E-state index in [1.54, 1.807) is 12.4 Å². The van der Waals surface area contributed by atoms with Gasteiger partial charge < -0.3 is 21.1 Å². The van der Waals surface area contributed by atoms with Gasteiger partial charge >= 0.3 is 0 Å². The van der Waals surface area contributed by atoms with E-state index in [4.69, 9.17) is 32.8 Å². The van der Waals surface area contributed by atoms with Crippen LogP contribution in [0.2, 0.25) is 5.02 Å². The molecule has 1 aromatic carbocycles. The van der Waals surface area contributed by atoms with Crippen LogP contribution in [0.4, 0.5) is 11.8 Å². The largest absolute Gasteiger partial charge is 0.485 e. The van der Waals surface area contributed by atoms with E-state index in [2.05, 4.69) is 20.9 Å². The maximum atomic E-state index is 6.65. The number of hydrogen-bond donors (Lipinski definition) is 2. The summed E-state index contributed by atoms with van der Waals surface area (Å²) in [7, 11) is 0. The van der Waals surface area contributed by atoms with Crippen molar-refractivity contribution in [3.63, 3.8) is 0 Å². The number of rotatable bonds is 3. The fourth-order valence-electron chi connectivity index (χ4n) is 4.92. The van der Waals surface area contributed by atoms with Crippen molar-refractivity contribution in [1.82, 2.24) is 19.4 Å². The highest BCUT2D eigenvalue weighted by Gasteiger charge is 2.48.